The van der Waals surface area contributed by atoms with Crippen LogP contribution in [0.3, 0.4) is 0 Å². The average Bonchev–Trinajstić information content (AvgIpc) is 2.90. The highest BCUT2D eigenvalue weighted by atomic mass is 35.5. The first-order valence-electron chi connectivity index (χ1n) is 12.2. The van der Waals surface area contributed by atoms with E-state index >= 15 is 0 Å². The molecule has 10 heteroatoms. The molecule has 0 unspecified atom stereocenters. The second kappa shape index (κ2) is 13.1. The summed E-state index contributed by atoms with van der Waals surface area (Å²) < 4.78 is 28.4. The maximum atomic E-state index is 13.8. The van der Waals surface area contributed by atoms with Gasteiger partial charge in [0.1, 0.15) is 12.6 Å². The molecule has 0 saturated heterocycles. The molecule has 3 rings (SSSR count). The molecule has 1 N–H and O–H groups in total. The van der Waals surface area contributed by atoms with Crippen LogP contribution in [0.4, 0.5) is 5.69 Å². The Morgan fingerprint density at radius 2 is 1.55 bits per heavy atom. The van der Waals surface area contributed by atoms with Crippen LogP contribution in [0.5, 0.6) is 0 Å². The molecule has 0 spiro atoms. The first kappa shape index (κ1) is 29.5. The Balaban J connectivity index is 2.01. The quantitative estimate of drug-likeness (QED) is 0.326. The smallest absolute Gasteiger partial charge is 0.264 e. The number of nitrogens with one attached hydrogen (secondary N) is 1. The second-order valence-corrected chi connectivity index (χ2v) is 11.7. The highest BCUT2D eigenvalue weighted by Crippen LogP contribution is 2.26. The zero-order valence-electron chi connectivity index (χ0n) is 21.5. The van der Waals surface area contributed by atoms with Gasteiger partial charge in [0.05, 0.1) is 10.6 Å². The molecule has 2 atom stereocenters. The van der Waals surface area contributed by atoms with E-state index < -0.39 is 28.5 Å². The molecular weight excluding hydrogens is 545 g/mol. The van der Waals surface area contributed by atoms with Crippen LogP contribution in [0.1, 0.15) is 32.8 Å². The number of carbonyl (C=O) groups is 2. The van der Waals surface area contributed by atoms with E-state index in [2.05, 4.69) is 5.32 Å². The number of benzene rings is 3. The van der Waals surface area contributed by atoms with Gasteiger partial charge in [-0.3, -0.25) is 13.9 Å². The normalized spacial score (nSPS) is 12.9. The Morgan fingerprint density at radius 1 is 0.895 bits per heavy atom. The van der Waals surface area contributed by atoms with Gasteiger partial charge in [0.2, 0.25) is 11.8 Å². The molecule has 0 fully saturated rings. The minimum atomic E-state index is -4.12. The summed E-state index contributed by atoms with van der Waals surface area (Å²) in [4.78, 5) is 28.3. The molecule has 3 aromatic rings. The van der Waals surface area contributed by atoms with E-state index in [1.165, 1.54) is 29.2 Å². The summed E-state index contributed by atoms with van der Waals surface area (Å²) in [5.41, 5.74) is 0.976. The van der Waals surface area contributed by atoms with E-state index in [1.807, 2.05) is 13.8 Å². The zero-order chi connectivity index (χ0) is 27.9. The summed E-state index contributed by atoms with van der Waals surface area (Å²) >= 11 is 12.2. The van der Waals surface area contributed by atoms with Gasteiger partial charge >= 0.3 is 0 Å². The minimum Gasteiger partial charge on any atom is -0.352 e. The fourth-order valence-electron chi connectivity index (χ4n) is 3.74. The first-order chi connectivity index (χ1) is 18.0. The SMILES string of the molecule is CC[C@H](C)NC(=O)[C@H](C)N(Cc1cccc(Cl)c1)C(=O)CN(c1ccc(Cl)cc1)S(=O)(=O)c1ccccc1. The maximum absolute atomic E-state index is 13.8. The molecule has 202 valence electrons. The van der Waals surface area contributed by atoms with Crippen molar-refractivity contribution in [2.75, 3.05) is 10.8 Å². The Hall–Kier alpha value is -3.07. The lowest BCUT2D eigenvalue weighted by Crippen LogP contribution is -2.52. The molecule has 7 nitrogen and oxygen atoms in total. The molecule has 0 aliphatic rings. The second-order valence-electron chi connectivity index (χ2n) is 8.95. The zero-order valence-corrected chi connectivity index (χ0v) is 23.8. The lowest BCUT2D eigenvalue weighted by atomic mass is 10.1. The molecule has 0 saturated carbocycles. The third-order valence-electron chi connectivity index (χ3n) is 6.13. The van der Waals surface area contributed by atoms with Crippen molar-refractivity contribution in [3.05, 3.63) is 94.5 Å². The number of sulfonamides is 1. The van der Waals surface area contributed by atoms with E-state index in [9.17, 15) is 18.0 Å². The van der Waals surface area contributed by atoms with Crippen molar-refractivity contribution in [2.45, 2.75) is 50.7 Å². The molecule has 0 radical (unpaired) electrons. The predicted molar refractivity (Wildman–Crippen MR) is 152 cm³/mol. The highest BCUT2D eigenvalue weighted by Gasteiger charge is 2.32. The lowest BCUT2D eigenvalue weighted by Gasteiger charge is -2.32. The van der Waals surface area contributed by atoms with Gasteiger partial charge in [0.25, 0.3) is 10.0 Å². The molecule has 0 aliphatic carbocycles. The molecule has 0 heterocycles. The monoisotopic (exact) mass is 575 g/mol. The average molecular weight is 577 g/mol. The fourth-order valence-corrected chi connectivity index (χ4v) is 5.51. The number of carbonyl (C=O) groups excluding carboxylic acids is 2. The summed E-state index contributed by atoms with van der Waals surface area (Å²) in [6.45, 7) is 4.98. The molecule has 3 aromatic carbocycles. The molecule has 0 bridgehead atoms. The standard InChI is InChI=1S/C28H31Cl2N3O4S/c1-4-20(2)31-28(35)21(3)32(18-22-9-8-10-24(30)17-22)27(34)19-33(25-15-13-23(29)14-16-25)38(36,37)26-11-6-5-7-12-26/h5-17,20-21H,4,18-19H2,1-3H3,(H,31,35)/t20-,21-/m0/s1. The van der Waals surface area contributed by atoms with Crippen LogP contribution < -0.4 is 9.62 Å². The van der Waals surface area contributed by atoms with Gasteiger partial charge in [-0.2, -0.15) is 0 Å². The van der Waals surface area contributed by atoms with E-state index in [1.54, 1.807) is 61.5 Å². The van der Waals surface area contributed by atoms with Gasteiger partial charge in [-0.25, -0.2) is 8.42 Å². The van der Waals surface area contributed by atoms with Crippen molar-refractivity contribution in [1.29, 1.82) is 0 Å². The molecule has 38 heavy (non-hydrogen) atoms. The van der Waals surface area contributed by atoms with Crippen molar-refractivity contribution in [2.24, 2.45) is 0 Å². The molecule has 0 aliphatic heterocycles. The number of hydrogen-bond donors (Lipinski definition) is 1. The summed E-state index contributed by atoms with van der Waals surface area (Å²) in [6.07, 6.45) is 0.723. The molecule has 2 amide bonds. The van der Waals surface area contributed by atoms with Gasteiger partial charge in [0.15, 0.2) is 0 Å². The summed E-state index contributed by atoms with van der Waals surface area (Å²) in [6, 6.07) is 20.1. The fraction of sp³-hybridized carbons (Fsp3) is 0.286. The molecule has 0 aromatic heterocycles. The van der Waals surface area contributed by atoms with E-state index in [-0.39, 0.29) is 29.1 Å². The number of anilines is 1. The molecular formula is C28H31Cl2N3O4S. The van der Waals surface area contributed by atoms with Crippen LogP contribution in [0.15, 0.2) is 83.8 Å². The van der Waals surface area contributed by atoms with Gasteiger partial charge < -0.3 is 10.2 Å². The largest absolute Gasteiger partial charge is 0.352 e. The van der Waals surface area contributed by atoms with E-state index in [0.29, 0.717) is 15.6 Å². The van der Waals surface area contributed by atoms with Crippen LogP contribution in [0.25, 0.3) is 0 Å². The first-order valence-corrected chi connectivity index (χ1v) is 14.4. The summed E-state index contributed by atoms with van der Waals surface area (Å²) in [5.74, 6) is -0.884. The van der Waals surface area contributed by atoms with E-state index in [0.717, 1.165) is 10.7 Å². The summed E-state index contributed by atoms with van der Waals surface area (Å²) in [5, 5.41) is 3.82. The minimum absolute atomic E-state index is 0.0340. The van der Waals surface area contributed by atoms with Gasteiger partial charge in [-0.15, -0.1) is 0 Å². The van der Waals surface area contributed by atoms with E-state index in [4.69, 9.17) is 23.2 Å². The number of halogens is 2. The van der Waals surface area contributed by atoms with Crippen molar-refractivity contribution in [3.63, 3.8) is 0 Å². The third-order valence-corrected chi connectivity index (χ3v) is 8.41. The van der Waals surface area contributed by atoms with Gasteiger partial charge in [-0.1, -0.05) is 60.5 Å². The number of rotatable bonds is 11. The highest BCUT2D eigenvalue weighted by molar-refractivity contribution is 7.92. The Bertz CT molecular complexity index is 1350. The van der Waals surface area contributed by atoms with Crippen molar-refractivity contribution in [3.8, 4) is 0 Å². The van der Waals surface area contributed by atoms with Crippen molar-refractivity contribution < 1.29 is 18.0 Å². The Labute approximate surface area is 234 Å². The van der Waals surface area contributed by atoms with Gasteiger partial charge in [0, 0.05) is 22.6 Å². The van der Waals surface area contributed by atoms with Crippen LogP contribution in [0, 0.1) is 0 Å². The van der Waals surface area contributed by atoms with Crippen LogP contribution in [-0.2, 0) is 26.2 Å². The topological polar surface area (TPSA) is 86.8 Å². The Kier molecular flexibility index (Phi) is 10.2. The van der Waals surface area contributed by atoms with Crippen LogP contribution in [0.2, 0.25) is 10.0 Å². The number of nitrogens with zero attached hydrogens (tertiary/aromatic N) is 2. The van der Waals surface area contributed by atoms with Gasteiger partial charge in [-0.05, 0) is 74.4 Å². The number of hydrogen-bond acceptors (Lipinski definition) is 4. The third kappa shape index (κ3) is 7.49. The van der Waals surface area contributed by atoms with Crippen LogP contribution in [-0.4, -0.2) is 43.8 Å². The van der Waals surface area contributed by atoms with Crippen molar-refractivity contribution in [1.82, 2.24) is 10.2 Å². The maximum Gasteiger partial charge on any atom is 0.264 e. The lowest BCUT2D eigenvalue weighted by molar-refractivity contribution is -0.139. The van der Waals surface area contributed by atoms with Crippen LogP contribution >= 0.6 is 23.2 Å². The summed E-state index contributed by atoms with van der Waals surface area (Å²) in [7, 11) is -4.12. The van der Waals surface area contributed by atoms with Crippen molar-refractivity contribution >= 4 is 50.7 Å². The predicted octanol–water partition coefficient (Wildman–Crippen LogP) is 5.52. The number of amides is 2. The Morgan fingerprint density at radius 3 is 2.16 bits per heavy atom.